The van der Waals surface area contributed by atoms with Gasteiger partial charge in [0.05, 0.1) is 11.3 Å². The summed E-state index contributed by atoms with van der Waals surface area (Å²) in [5, 5.41) is 0. The maximum Gasteiger partial charge on any atom is 0.262 e. The van der Waals surface area contributed by atoms with E-state index in [9.17, 15) is 17.6 Å². The molecule has 22 heavy (non-hydrogen) atoms. The van der Waals surface area contributed by atoms with E-state index in [0.717, 1.165) is 12.1 Å². The molecule has 7 heteroatoms. The van der Waals surface area contributed by atoms with Crippen molar-refractivity contribution in [2.75, 3.05) is 4.72 Å². The molecule has 0 atom stereocenters. The van der Waals surface area contributed by atoms with Crippen molar-refractivity contribution >= 4 is 21.6 Å². The van der Waals surface area contributed by atoms with E-state index in [1.165, 1.54) is 25.1 Å². The van der Waals surface area contributed by atoms with E-state index in [2.05, 4.69) is 4.72 Å². The highest BCUT2D eigenvalue weighted by Gasteiger charge is 2.17. The van der Waals surface area contributed by atoms with E-state index in [1.54, 1.807) is 12.1 Å². The molecule has 0 heterocycles. The van der Waals surface area contributed by atoms with Gasteiger partial charge in [0.2, 0.25) is 5.91 Å². The number of carbonyl (C=O) groups is 1. The summed E-state index contributed by atoms with van der Waals surface area (Å²) < 4.78 is 40.0. The summed E-state index contributed by atoms with van der Waals surface area (Å²) in [7, 11) is -3.80. The van der Waals surface area contributed by atoms with Crippen molar-refractivity contribution in [2.45, 2.75) is 18.2 Å². The lowest BCUT2D eigenvalue weighted by molar-refractivity contribution is -0.117. The van der Waals surface area contributed by atoms with Crippen molar-refractivity contribution in [1.82, 2.24) is 0 Å². The minimum atomic E-state index is -3.80. The molecule has 1 amide bonds. The number of amides is 1. The molecule has 0 fully saturated rings. The summed E-state index contributed by atoms with van der Waals surface area (Å²) in [6.07, 6.45) is 0.0874. The average Bonchev–Trinajstić information content (AvgIpc) is 2.39. The Morgan fingerprint density at radius 1 is 1.18 bits per heavy atom. The molecule has 2 aromatic rings. The third kappa shape index (κ3) is 3.82. The second-order valence-corrected chi connectivity index (χ2v) is 6.51. The summed E-state index contributed by atoms with van der Waals surface area (Å²) >= 11 is 0. The zero-order chi connectivity index (χ0) is 16.3. The number of halogens is 1. The van der Waals surface area contributed by atoms with Gasteiger partial charge < -0.3 is 5.73 Å². The summed E-state index contributed by atoms with van der Waals surface area (Å²) in [5.41, 5.74) is 6.44. The van der Waals surface area contributed by atoms with Gasteiger partial charge in [-0.15, -0.1) is 0 Å². The quantitative estimate of drug-likeness (QED) is 0.882. The van der Waals surface area contributed by atoms with Crippen LogP contribution in [0.3, 0.4) is 0 Å². The number of hydrogen-bond donors (Lipinski definition) is 2. The number of aryl methyl sites for hydroxylation is 1. The van der Waals surface area contributed by atoms with Crippen molar-refractivity contribution in [3.63, 3.8) is 0 Å². The molecule has 0 bridgehead atoms. The normalized spacial score (nSPS) is 11.2. The van der Waals surface area contributed by atoms with Crippen molar-refractivity contribution in [3.05, 3.63) is 59.4 Å². The van der Waals surface area contributed by atoms with Gasteiger partial charge in [0.25, 0.3) is 10.0 Å². The average molecular weight is 322 g/mol. The van der Waals surface area contributed by atoms with E-state index in [4.69, 9.17) is 5.73 Å². The highest BCUT2D eigenvalue weighted by Crippen LogP contribution is 2.20. The van der Waals surface area contributed by atoms with Crippen LogP contribution in [0.1, 0.15) is 11.1 Å². The van der Waals surface area contributed by atoms with Gasteiger partial charge in [0.1, 0.15) is 5.82 Å². The van der Waals surface area contributed by atoms with Crippen LogP contribution in [0.15, 0.2) is 47.4 Å². The molecule has 0 saturated heterocycles. The Morgan fingerprint density at radius 2 is 1.82 bits per heavy atom. The number of sulfonamides is 1. The fourth-order valence-electron chi connectivity index (χ4n) is 2.02. The van der Waals surface area contributed by atoms with Gasteiger partial charge in [0.15, 0.2) is 0 Å². The van der Waals surface area contributed by atoms with Gasteiger partial charge in [-0.05, 0) is 48.4 Å². The maximum atomic E-state index is 13.1. The third-order valence-electron chi connectivity index (χ3n) is 3.01. The Hall–Kier alpha value is -2.41. The van der Waals surface area contributed by atoms with Gasteiger partial charge in [-0.25, -0.2) is 12.8 Å². The minimum absolute atomic E-state index is 0.00936. The van der Waals surface area contributed by atoms with Crippen LogP contribution >= 0.6 is 0 Å². The number of nitrogens with one attached hydrogen (secondary N) is 1. The number of hydrogen-bond acceptors (Lipinski definition) is 3. The van der Waals surface area contributed by atoms with Gasteiger partial charge >= 0.3 is 0 Å². The van der Waals surface area contributed by atoms with Crippen LogP contribution in [0, 0.1) is 12.7 Å². The second-order valence-electron chi connectivity index (χ2n) is 4.86. The van der Waals surface area contributed by atoms with Crippen LogP contribution in [-0.4, -0.2) is 14.3 Å². The van der Waals surface area contributed by atoms with Crippen LogP contribution in [0.5, 0.6) is 0 Å². The lowest BCUT2D eigenvalue weighted by atomic mass is 10.1. The van der Waals surface area contributed by atoms with Crippen molar-refractivity contribution in [3.8, 4) is 0 Å². The van der Waals surface area contributed by atoms with Crippen LogP contribution in [0.25, 0.3) is 0 Å². The molecule has 2 aromatic carbocycles. The Labute approximate surface area is 128 Å². The molecular weight excluding hydrogens is 307 g/mol. The van der Waals surface area contributed by atoms with E-state index in [-0.39, 0.29) is 11.3 Å². The summed E-state index contributed by atoms with van der Waals surface area (Å²) in [4.78, 5) is 10.8. The number of rotatable bonds is 5. The van der Waals surface area contributed by atoms with Crippen molar-refractivity contribution < 1.29 is 17.6 Å². The zero-order valence-electron chi connectivity index (χ0n) is 11.8. The molecule has 0 saturated carbocycles. The van der Waals surface area contributed by atoms with E-state index < -0.39 is 21.7 Å². The van der Waals surface area contributed by atoms with E-state index >= 15 is 0 Å². The number of primary amides is 1. The fraction of sp³-hybridized carbons (Fsp3) is 0.133. The molecular formula is C15H15FN2O3S. The van der Waals surface area contributed by atoms with Crippen LogP contribution in [0.2, 0.25) is 0 Å². The summed E-state index contributed by atoms with van der Waals surface area (Å²) in [5.74, 6) is -0.956. The largest absolute Gasteiger partial charge is 0.369 e. The molecule has 0 radical (unpaired) electrons. The molecule has 5 nitrogen and oxygen atoms in total. The molecule has 116 valence electrons. The van der Waals surface area contributed by atoms with Gasteiger partial charge in [0, 0.05) is 5.69 Å². The first-order valence-corrected chi connectivity index (χ1v) is 7.92. The fourth-order valence-corrected chi connectivity index (χ4v) is 3.30. The first kappa shape index (κ1) is 16.0. The molecule has 0 aromatic heterocycles. The number of anilines is 1. The first-order valence-electron chi connectivity index (χ1n) is 6.44. The highest BCUT2D eigenvalue weighted by atomic mass is 32.2. The SMILES string of the molecule is Cc1cc(F)ccc1S(=O)(=O)Nc1ccc(CC(N)=O)cc1. The first-order chi connectivity index (χ1) is 10.3. The summed E-state index contributed by atoms with van der Waals surface area (Å²) in [6.45, 7) is 1.52. The topological polar surface area (TPSA) is 89.3 Å². The lowest BCUT2D eigenvalue weighted by Gasteiger charge is -2.11. The van der Waals surface area contributed by atoms with Crippen LogP contribution < -0.4 is 10.5 Å². The molecule has 0 aliphatic heterocycles. The standard InChI is InChI=1S/C15H15FN2O3S/c1-10-8-12(16)4-7-14(10)22(20,21)18-13-5-2-11(3-6-13)9-15(17)19/h2-8,18H,9H2,1H3,(H2,17,19). The minimum Gasteiger partial charge on any atom is -0.369 e. The number of carbonyl (C=O) groups excluding carboxylic acids is 1. The molecule has 0 aliphatic rings. The second kappa shape index (κ2) is 6.15. The van der Waals surface area contributed by atoms with Crippen molar-refractivity contribution in [2.24, 2.45) is 5.73 Å². The Balaban J connectivity index is 2.23. The Morgan fingerprint density at radius 3 is 2.36 bits per heavy atom. The molecule has 2 rings (SSSR count). The molecule has 0 aliphatic carbocycles. The Kier molecular flexibility index (Phi) is 4.46. The zero-order valence-corrected chi connectivity index (χ0v) is 12.7. The summed E-state index contributed by atoms with van der Waals surface area (Å²) in [6, 6.07) is 9.76. The van der Waals surface area contributed by atoms with Gasteiger partial charge in [-0.2, -0.15) is 0 Å². The third-order valence-corrected chi connectivity index (χ3v) is 4.55. The predicted molar refractivity (Wildman–Crippen MR) is 81.3 cm³/mol. The van der Waals surface area contributed by atoms with Crippen LogP contribution in [-0.2, 0) is 21.2 Å². The lowest BCUT2D eigenvalue weighted by Crippen LogP contribution is -2.15. The monoisotopic (exact) mass is 322 g/mol. The van der Waals surface area contributed by atoms with E-state index in [1.807, 2.05) is 0 Å². The molecule has 0 spiro atoms. The van der Waals surface area contributed by atoms with E-state index in [0.29, 0.717) is 16.8 Å². The smallest absolute Gasteiger partial charge is 0.262 e. The van der Waals surface area contributed by atoms with Crippen LogP contribution in [0.4, 0.5) is 10.1 Å². The number of nitrogens with two attached hydrogens (primary N) is 1. The Bertz CT molecular complexity index is 802. The van der Waals surface area contributed by atoms with Crippen molar-refractivity contribution in [1.29, 1.82) is 0 Å². The molecule has 3 N–H and O–H groups in total. The number of benzene rings is 2. The highest BCUT2D eigenvalue weighted by molar-refractivity contribution is 7.92. The maximum absolute atomic E-state index is 13.1. The predicted octanol–water partition coefficient (Wildman–Crippen LogP) is 1.96. The van der Waals surface area contributed by atoms with Gasteiger partial charge in [-0.3, -0.25) is 9.52 Å². The molecule has 0 unspecified atom stereocenters. The van der Waals surface area contributed by atoms with Gasteiger partial charge in [-0.1, -0.05) is 12.1 Å².